The number of nitriles is 1. The minimum atomic E-state index is -1.61. The van der Waals surface area contributed by atoms with Crippen molar-refractivity contribution >= 4 is 23.8 Å². The third-order valence-corrected chi connectivity index (χ3v) is 6.67. The number of hydrogen-bond acceptors (Lipinski definition) is 8. The predicted molar refractivity (Wildman–Crippen MR) is 131 cm³/mol. The van der Waals surface area contributed by atoms with E-state index in [1.807, 2.05) is 0 Å². The zero-order chi connectivity index (χ0) is 25.3. The molecule has 1 saturated heterocycles. The summed E-state index contributed by atoms with van der Waals surface area (Å²) in [6.45, 7) is -0.597. The average molecular weight is 515 g/mol. The Morgan fingerprint density at radius 2 is 1.66 bits per heavy atom. The summed E-state index contributed by atoms with van der Waals surface area (Å²) in [5.74, 6) is 0.649. The van der Waals surface area contributed by atoms with Gasteiger partial charge in [0.25, 0.3) is 0 Å². The van der Waals surface area contributed by atoms with E-state index in [-0.39, 0.29) is 10.2 Å². The van der Waals surface area contributed by atoms with Gasteiger partial charge in [0.2, 0.25) is 0 Å². The number of ether oxygens (including phenoxy) is 2. The van der Waals surface area contributed by atoms with Gasteiger partial charge in [-0.1, -0.05) is 48.1 Å². The zero-order valence-corrected chi connectivity index (χ0v) is 20.1. The predicted octanol–water partition coefficient (Wildman–Crippen LogP) is 3.06. The fourth-order valence-electron chi connectivity index (χ4n) is 4.12. The monoisotopic (exact) mass is 514 g/mol. The molecule has 4 rings (SSSR count). The van der Waals surface area contributed by atoms with E-state index in [2.05, 4.69) is 6.07 Å². The second-order valence-electron chi connectivity index (χ2n) is 8.06. The van der Waals surface area contributed by atoms with E-state index in [1.165, 1.54) is 4.57 Å². The van der Waals surface area contributed by atoms with Crippen molar-refractivity contribution in [2.75, 3.05) is 13.7 Å². The van der Waals surface area contributed by atoms with Crippen LogP contribution in [0, 0.1) is 16.0 Å². The molecule has 0 spiro atoms. The molecule has 35 heavy (non-hydrogen) atoms. The van der Waals surface area contributed by atoms with E-state index in [0.29, 0.717) is 33.2 Å². The Hall–Kier alpha value is -2.81. The maximum atomic E-state index is 10.8. The molecule has 1 fully saturated rings. The number of benzene rings is 2. The Morgan fingerprint density at radius 3 is 2.23 bits per heavy atom. The van der Waals surface area contributed by atoms with Gasteiger partial charge in [-0.05, 0) is 41.5 Å². The number of hydrogen-bond donors (Lipinski definition) is 4. The molecule has 5 atom stereocenters. The summed E-state index contributed by atoms with van der Waals surface area (Å²) in [4.78, 5) is 0. The highest BCUT2D eigenvalue weighted by molar-refractivity contribution is 7.71. The molecule has 0 radical (unpaired) electrons. The Kier molecular flexibility index (Phi) is 7.54. The van der Waals surface area contributed by atoms with Crippen LogP contribution in [0.3, 0.4) is 0 Å². The largest absolute Gasteiger partial charge is 0.497 e. The fraction of sp³-hybridized carbons (Fsp3) is 0.280. The molecule has 4 N–H and O–H groups in total. The Balaban J connectivity index is 1.99. The lowest BCUT2D eigenvalue weighted by Crippen LogP contribution is -2.56. The number of aliphatic hydroxyl groups is 4. The number of aromatic nitrogens is 1. The number of aliphatic hydroxyl groups excluding tert-OH is 4. The first-order valence-electron chi connectivity index (χ1n) is 10.7. The van der Waals surface area contributed by atoms with Crippen LogP contribution in [-0.4, -0.2) is 63.1 Å². The van der Waals surface area contributed by atoms with Crippen molar-refractivity contribution in [3.63, 3.8) is 0 Å². The summed E-state index contributed by atoms with van der Waals surface area (Å²) in [5.41, 5.74) is 2.54. The van der Waals surface area contributed by atoms with Gasteiger partial charge in [-0.15, -0.1) is 0 Å². The first kappa shape index (κ1) is 25.3. The molecule has 0 saturated carbocycles. The molecule has 182 valence electrons. The number of methoxy groups -OCH3 is 1. The van der Waals surface area contributed by atoms with Gasteiger partial charge in [0, 0.05) is 10.6 Å². The van der Waals surface area contributed by atoms with Gasteiger partial charge in [-0.2, -0.15) is 5.26 Å². The number of pyridine rings is 1. The maximum absolute atomic E-state index is 10.8. The van der Waals surface area contributed by atoms with E-state index in [4.69, 9.17) is 33.3 Å². The van der Waals surface area contributed by atoms with Crippen molar-refractivity contribution in [3.8, 4) is 34.2 Å². The minimum absolute atomic E-state index is 0.0510. The van der Waals surface area contributed by atoms with E-state index in [9.17, 15) is 25.7 Å². The van der Waals surface area contributed by atoms with Crippen LogP contribution in [0.25, 0.3) is 22.4 Å². The molecular weight excluding hydrogens is 492 g/mol. The van der Waals surface area contributed by atoms with Crippen LogP contribution >= 0.6 is 23.8 Å². The number of halogens is 1. The summed E-state index contributed by atoms with van der Waals surface area (Å²) in [7, 11) is 1.56. The highest BCUT2D eigenvalue weighted by atomic mass is 35.5. The van der Waals surface area contributed by atoms with Crippen molar-refractivity contribution in [1.29, 1.82) is 5.26 Å². The van der Waals surface area contributed by atoms with E-state index in [1.54, 1.807) is 61.7 Å². The van der Waals surface area contributed by atoms with Gasteiger partial charge in [-0.3, -0.25) is 0 Å². The van der Waals surface area contributed by atoms with Crippen LogP contribution in [0.1, 0.15) is 11.8 Å². The van der Waals surface area contributed by atoms with Gasteiger partial charge in [0.15, 0.2) is 6.23 Å². The van der Waals surface area contributed by atoms with Crippen LogP contribution in [0.2, 0.25) is 5.02 Å². The molecule has 1 aromatic heterocycles. The highest BCUT2D eigenvalue weighted by Crippen LogP contribution is 2.37. The van der Waals surface area contributed by atoms with Gasteiger partial charge in [0.1, 0.15) is 40.9 Å². The summed E-state index contributed by atoms with van der Waals surface area (Å²) in [6, 6.07) is 17.9. The van der Waals surface area contributed by atoms with Crippen molar-refractivity contribution in [1.82, 2.24) is 4.57 Å². The van der Waals surface area contributed by atoms with Crippen molar-refractivity contribution in [3.05, 3.63) is 69.8 Å². The van der Waals surface area contributed by atoms with Crippen molar-refractivity contribution in [2.24, 2.45) is 0 Å². The lowest BCUT2D eigenvalue weighted by atomic mass is 9.95. The fourth-order valence-corrected chi connectivity index (χ4v) is 4.60. The molecule has 3 aromatic rings. The van der Waals surface area contributed by atoms with E-state index >= 15 is 0 Å². The Bertz CT molecular complexity index is 1300. The van der Waals surface area contributed by atoms with Gasteiger partial charge >= 0.3 is 0 Å². The second-order valence-corrected chi connectivity index (χ2v) is 8.88. The molecule has 0 amide bonds. The summed E-state index contributed by atoms with van der Waals surface area (Å²) < 4.78 is 12.5. The minimum Gasteiger partial charge on any atom is -0.497 e. The second kappa shape index (κ2) is 10.4. The molecular formula is C25H23ClN2O6S. The Labute approximate surface area is 211 Å². The van der Waals surface area contributed by atoms with Gasteiger partial charge < -0.3 is 34.5 Å². The zero-order valence-electron chi connectivity index (χ0n) is 18.6. The quantitative estimate of drug-likeness (QED) is 0.382. The Morgan fingerprint density at radius 1 is 1.03 bits per heavy atom. The van der Waals surface area contributed by atoms with Crippen LogP contribution in [0.5, 0.6) is 5.75 Å². The molecule has 0 aliphatic carbocycles. The highest BCUT2D eigenvalue weighted by Gasteiger charge is 2.45. The molecule has 0 unspecified atom stereocenters. The van der Waals surface area contributed by atoms with Crippen LogP contribution < -0.4 is 4.74 Å². The molecule has 2 heterocycles. The van der Waals surface area contributed by atoms with Crippen LogP contribution in [0.4, 0.5) is 0 Å². The number of nitrogens with zero attached hydrogens (tertiary/aromatic N) is 2. The van der Waals surface area contributed by atoms with Gasteiger partial charge in [0.05, 0.1) is 25.0 Å². The normalized spacial score (nSPS) is 24.1. The SMILES string of the molecule is COc1ccc(-c2cc(-c3ccc(Cl)cc3)n([C@@H]3O[C@H](CO)[C@H](O)[C@H](O)[C@H]3O)c(=S)c2C#N)cc1. The summed E-state index contributed by atoms with van der Waals surface area (Å²) >= 11 is 11.8. The van der Waals surface area contributed by atoms with Gasteiger partial charge in [-0.25, -0.2) is 0 Å². The summed E-state index contributed by atoms with van der Waals surface area (Å²) in [5, 5.41) is 51.7. The molecule has 8 nitrogen and oxygen atoms in total. The third kappa shape index (κ3) is 4.70. The summed E-state index contributed by atoms with van der Waals surface area (Å²) in [6.07, 6.45) is -7.18. The first-order chi connectivity index (χ1) is 16.8. The van der Waals surface area contributed by atoms with Crippen LogP contribution in [-0.2, 0) is 4.74 Å². The molecule has 1 aliphatic heterocycles. The van der Waals surface area contributed by atoms with Crippen molar-refractivity contribution in [2.45, 2.75) is 30.6 Å². The topological polar surface area (TPSA) is 128 Å². The standard InChI is InChI=1S/C25H23ClN2O6S/c1-33-16-8-4-13(5-9-16)17-10-19(14-2-6-15(26)7-3-14)28(25(35)18(17)11-27)24-23(32)22(31)21(30)20(12-29)34-24/h2-10,20-24,29-32H,12H2,1H3/t20-,21+,22+,23-,24-/m1/s1. The molecule has 2 aromatic carbocycles. The lowest BCUT2D eigenvalue weighted by molar-refractivity contribution is -0.251. The third-order valence-electron chi connectivity index (χ3n) is 6.02. The smallest absolute Gasteiger partial charge is 0.164 e. The average Bonchev–Trinajstić information content (AvgIpc) is 2.88. The molecule has 10 heteroatoms. The molecule has 0 bridgehead atoms. The lowest BCUT2D eigenvalue weighted by Gasteiger charge is -2.41. The number of rotatable bonds is 5. The van der Waals surface area contributed by atoms with Crippen molar-refractivity contribution < 1.29 is 29.9 Å². The van der Waals surface area contributed by atoms with E-state index < -0.39 is 37.3 Å². The van der Waals surface area contributed by atoms with E-state index in [0.717, 1.165) is 0 Å². The molecule has 1 aliphatic rings. The first-order valence-corrected chi connectivity index (χ1v) is 11.5. The maximum Gasteiger partial charge on any atom is 0.164 e. The van der Waals surface area contributed by atoms with Crippen LogP contribution in [0.15, 0.2) is 54.6 Å².